The molecule has 0 fully saturated rings. The van der Waals surface area contributed by atoms with Crippen molar-refractivity contribution in [2.45, 2.75) is 33.2 Å². The van der Waals surface area contributed by atoms with Crippen LogP contribution in [0.15, 0.2) is 48.5 Å². The van der Waals surface area contributed by atoms with Crippen LogP contribution in [0.4, 0.5) is 5.69 Å². The van der Waals surface area contributed by atoms with E-state index in [9.17, 15) is 0 Å². The van der Waals surface area contributed by atoms with Gasteiger partial charge in [-0.05, 0) is 37.5 Å². The van der Waals surface area contributed by atoms with Crippen molar-refractivity contribution >= 4 is 5.69 Å². The lowest BCUT2D eigenvalue weighted by Gasteiger charge is -2.18. The summed E-state index contributed by atoms with van der Waals surface area (Å²) < 4.78 is 0. The molecule has 94 valence electrons. The monoisotopic (exact) mass is 239 g/mol. The summed E-state index contributed by atoms with van der Waals surface area (Å²) in [5, 5.41) is 3.60. The molecule has 0 aliphatic carbocycles. The second-order valence-electron chi connectivity index (χ2n) is 4.79. The first-order valence-electron chi connectivity index (χ1n) is 6.61. The van der Waals surface area contributed by atoms with Crippen molar-refractivity contribution in [1.29, 1.82) is 0 Å². The molecule has 2 rings (SSSR count). The zero-order valence-corrected chi connectivity index (χ0v) is 11.4. The van der Waals surface area contributed by atoms with Crippen molar-refractivity contribution in [3.05, 3.63) is 65.2 Å². The van der Waals surface area contributed by atoms with Gasteiger partial charge < -0.3 is 5.32 Å². The average Bonchev–Trinajstić information content (AvgIpc) is 2.39. The van der Waals surface area contributed by atoms with Gasteiger partial charge in [-0.2, -0.15) is 0 Å². The summed E-state index contributed by atoms with van der Waals surface area (Å²) >= 11 is 0. The van der Waals surface area contributed by atoms with Crippen LogP contribution in [0, 0.1) is 6.92 Å². The molecule has 2 aromatic rings. The summed E-state index contributed by atoms with van der Waals surface area (Å²) in [6.07, 6.45) is 1.06. The molecule has 1 heteroatoms. The lowest BCUT2D eigenvalue weighted by Crippen LogP contribution is -2.08. The minimum absolute atomic E-state index is 0.331. The summed E-state index contributed by atoms with van der Waals surface area (Å²) in [5.74, 6) is 0. The Kier molecular flexibility index (Phi) is 4.03. The molecule has 0 amide bonds. The van der Waals surface area contributed by atoms with Crippen molar-refractivity contribution in [1.82, 2.24) is 0 Å². The Morgan fingerprint density at radius 1 is 1.06 bits per heavy atom. The van der Waals surface area contributed by atoms with Gasteiger partial charge in [0.2, 0.25) is 0 Å². The molecule has 1 N–H and O–H groups in total. The molecule has 0 heterocycles. The van der Waals surface area contributed by atoms with Gasteiger partial charge in [-0.15, -0.1) is 0 Å². The van der Waals surface area contributed by atoms with Crippen molar-refractivity contribution < 1.29 is 0 Å². The van der Waals surface area contributed by atoms with Crippen molar-refractivity contribution in [2.24, 2.45) is 0 Å². The van der Waals surface area contributed by atoms with E-state index in [1.165, 1.54) is 22.4 Å². The van der Waals surface area contributed by atoms with Gasteiger partial charge in [-0.3, -0.25) is 0 Å². The number of rotatable bonds is 4. The molecular formula is C17H21N. The van der Waals surface area contributed by atoms with Gasteiger partial charge >= 0.3 is 0 Å². The van der Waals surface area contributed by atoms with E-state index in [0.717, 1.165) is 6.42 Å². The Morgan fingerprint density at radius 2 is 1.83 bits per heavy atom. The van der Waals surface area contributed by atoms with Crippen LogP contribution in [0.3, 0.4) is 0 Å². The summed E-state index contributed by atoms with van der Waals surface area (Å²) in [5.41, 5.74) is 5.26. The normalized spacial score (nSPS) is 12.2. The fraction of sp³-hybridized carbons (Fsp3) is 0.294. The van der Waals surface area contributed by atoms with Crippen molar-refractivity contribution in [2.75, 3.05) is 5.32 Å². The first-order chi connectivity index (χ1) is 8.70. The number of para-hydroxylation sites is 1. The Bertz CT molecular complexity index is 517. The molecule has 0 bridgehead atoms. The molecule has 0 aliphatic rings. The van der Waals surface area contributed by atoms with E-state index in [2.05, 4.69) is 74.6 Å². The maximum absolute atomic E-state index is 3.60. The highest BCUT2D eigenvalue weighted by Gasteiger charge is 2.07. The van der Waals surface area contributed by atoms with Gasteiger partial charge in [0.15, 0.2) is 0 Å². The summed E-state index contributed by atoms with van der Waals surface area (Å²) in [7, 11) is 0. The maximum atomic E-state index is 3.60. The standard InChI is InChI=1S/C17H21N/c1-4-15-9-5-6-11-17(15)18-14(3)16-10-7-8-13(2)12-16/h5-12,14,18H,4H2,1-3H3. The SMILES string of the molecule is CCc1ccccc1NC(C)c1cccc(C)c1. The average molecular weight is 239 g/mol. The van der Waals surface area contributed by atoms with E-state index in [-0.39, 0.29) is 0 Å². The first-order valence-corrected chi connectivity index (χ1v) is 6.61. The van der Waals surface area contributed by atoms with Crippen LogP contribution in [0.2, 0.25) is 0 Å². The third-order valence-electron chi connectivity index (χ3n) is 3.31. The van der Waals surface area contributed by atoms with Crippen LogP contribution in [0.25, 0.3) is 0 Å². The zero-order chi connectivity index (χ0) is 13.0. The van der Waals surface area contributed by atoms with Crippen molar-refractivity contribution in [3.63, 3.8) is 0 Å². The quantitative estimate of drug-likeness (QED) is 0.813. The largest absolute Gasteiger partial charge is 0.378 e. The fourth-order valence-corrected chi connectivity index (χ4v) is 2.23. The van der Waals surface area contributed by atoms with Gasteiger partial charge in [0.1, 0.15) is 0 Å². The van der Waals surface area contributed by atoms with Crippen LogP contribution >= 0.6 is 0 Å². The molecule has 0 spiro atoms. The summed E-state index contributed by atoms with van der Waals surface area (Å²) in [6.45, 7) is 6.54. The van der Waals surface area contributed by atoms with Gasteiger partial charge in [0.25, 0.3) is 0 Å². The predicted molar refractivity (Wildman–Crippen MR) is 79.0 cm³/mol. The first kappa shape index (κ1) is 12.7. The van der Waals surface area contributed by atoms with E-state index in [0.29, 0.717) is 6.04 Å². The van der Waals surface area contributed by atoms with E-state index in [1.54, 1.807) is 0 Å². The molecule has 1 unspecified atom stereocenters. The van der Waals surface area contributed by atoms with Gasteiger partial charge in [-0.1, -0.05) is 55.0 Å². The molecule has 0 aliphatic heterocycles. The molecule has 0 radical (unpaired) electrons. The van der Waals surface area contributed by atoms with E-state index >= 15 is 0 Å². The number of anilines is 1. The van der Waals surface area contributed by atoms with E-state index in [1.807, 2.05) is 0 Å². The number of nitrogens with one attached hydrogen (secondary N) is 1. The Morgan fingerprint density at radius 3 is 2.56 bits per heavy atom. The maximum Gasteiger partial charge on any atom is 0.0485 e. The fourth-order valence-electron chi connectivity index (χ4n) is 2.23. The Labute approximate surface area is 110 Å². The molecule has 18 heavy (non-hydrogen) atoms. The lowest BCUT2D eigenvalue weighted by atomic mass is 10.0. The van der Waals surface area contributed by atoms with Gasteiger partial charge in [-0.25, -0.2) is 0 Å². The number of benzene rings is 2. The molecule has 0 aromatic heterocycles. The second-order valence-corrected chi connectivity index (χ2v) is 4.79. The van der Waals surface area contributed by atoms with Gasteiger partial charge in [0, 0.05) is 11.7 Å². The Balaban J connectivity index is 2.18. The number of hydrogen-bond acceptors (Lipinski definition) is 1. The third kappa shape index (κ3) is 2.92. The van der Waals surface area contributed by atoms with E-state index in [4.69, 9.17) is 0 Å². The molecular weight excluding hydrogens is 218 g/mol. The molecule has 2 aromatic carbocycles. The lowest BCUT2D eigenvalue weighted by molar-refractivity contribution is 0.877. The smallest absolute Gasteiger partial charge is 0.0485 e. The van der Waals surface area contributed by atoms with Crippen LogP contribution in [0.5, 0.6) is 0 Å². The van der Waals surface area contributed by atoms with Crippen LogP contribution in [-0.4, -0.2) is 0 Å². The summed E-state index contributed by atoms with van der Waals surface area (Å²) in [6, 6.07) is 17.5. The Hall–Kier alpha value is -1.76. The van der Waals surface area contributed by atoms with Crippen LogP contribution in [-0.2, 0) is 6.42 Å². The molecule has 1 nitrogen and oxygen atoms in total. The third-order valence-corrected chi connectivity index (χ3v) is 3.31. The highest BCUT2D eigenvalue weighted by molar-refractivity contribution is 5.52. The molecule has 0 saturated heterocycles. The van der Waals surface area contributed by atoms with Crippen LogP contribution < -0.4 is 5.32 Å². The highest BCUT2D eigenvalue weighted by Crippen LogP contribution is 2.23. The van der Waals surface area contributed by atoms with Crippen molar-refractivity contribution in [3.8, 4) is 0 Å². The molecule has 1 atom stereocenters. The van der Waals surface area contributed by atoms with Gasteiger partial charge in [0.05, 0.1) is 0 Å². The second kappa shape index (κ2) is 5.72. The summed E-state index contributed by atoms with van der Waals surface area (Å²) in [4.78, 5) is 0. The molecule has 0 saturated carbocycles. The topological polar surface area (TPSA) is 12.0 Å². The van der Waals surface area contributed by atoms with Crippen LogP contribution in [0.1, 0.15) is 36.6 Å². The predicted octanol–water partition coefficient (Wildman–Crippen LogP) is 4.73. The number of aryl methyl sites for hydroxylation is 2. The minimum Gasteiger partial charge on any atom is -0.378 e. The zero-order valence-electron chi connectivity index (χ0n) is 11.4. The van der Waals surface area contributed by atoms with E-state index < -0.39 is 0 Å². The number of hydrogen-bond donors (Lipinski definition) is 1. The minimum atomic E-state index is 0.331. The highest BCUT2D eigenvalue weighted by atomic mass is 14.9.